The molecule has 0 saturated heterocycles. The molecule has 2 atom stereocenters. The van der Waals surface area contributed by atoms with Gasteiger partial charge in [0.1, 0.15) is 5.82 Å². The summed E-state index contributed by atoms with van der Waals surface area (Å²) in [6, 6.07) is 6.29. The van der Waals surface area contributed by atoms with Crippen molar-refractivity contribution in [1.82, 2.24) is 0 Å². The molecule has 0 aromatic heterocycles. The van der Waals surface area contributed by atoms with E-state index in [1.807, 2.05) is 6.92 Å². The van der Waals surface area contributed by atoms with Crippen molar-refractivity contribution in [3.8, 4) is 0 Å². The highest BCUT2D eigenvalue weighted by Crippen LogP contribution is 2.32. The van der Waals surface area contributed by atoms with Crippen molar-refractivity contribution in [1.29, 1.82) is 0 Å². The van der Waals surface area contributed by atoms with Crippen molar-refractivity contribution in [2.75, 3.05) is 6.54 Å². The summed E-state index contributed by atoms with van der Waals surface area (Å²) in [5, 5.41) is 10.3. The van der Waals surface area contributed by atoms with Crippen molar-refractivity contribution in [2.45, 2.75) is 25.9 Å². The average Bonchev–Trinajstić information content (AvgIpc) is 2.19. The van der Waals surface area contributed by atoms with Crippen LogP contribution in [0.15, 0.2) is 24.3 Å². The molecule has 1 rings (SSSR count). The Labute approximate surface area is 89.9 Å². The van der Waals surface area contributed by atoms with E-state index in [9.17, 15) is 9.50 Å². The van der Waals surface area contributed by atoms with Gasteiger partial charge in [0.15, 0.2) is 0 Å². The number of aliphatic hydroxyl groups is 1. The lowest BCUT2D eigenvalue weighted by Crippen LogP contribution is -2.37. The molecule has 0 aliphatic rings. The monoisotopic (exact) mass is 211 g/mol. The molecular weight excluding hydrogens is 193 g/mol. The maximum absolute atomic E-state index is 13.5. The van der Waals surface area contributed by atoms with Crippen molar-refractivity contribution in [2.24, 2.45) is 11.7 Å². The summed E-state index contributed by atoms with van der Waals surface area (Å²) in [7, 11) is 0. The first-order chi connectivity index (χ1) is 7.04. The fourth-order valence-electron chi connectivity index (χ4n) is 1.89. The molecule has 1 aromatic rings. The van der Waals surface area contributed by atoms with Gasteiger partial charge in [-0.05, 0) is 26.0 Å². The Morgan fingerprint density at radius 1 is 1.47 bits per heavy atom. The summed E-state index contributed by atoms with van der Waals surface area (Å²) in [5.74, 6) is -0.510. The summed E-state index contributed by atoms with van der Waals surface area (Å²) >= 11 is 0. The Balaban J connectivity index is 3.09. The third-order valence-electron chi connectivity index (χ3n) is 2.99. The van der Waals surface area contributed by atoms with E-state index < -0.39 is 5.60 Å². The first-order valence-corrected chi connectivity index (χ1v) is 5.21. The molecular formula is C12H18FNO. The summed E-state index contributed by atoms with van der Waals surface area (Å²) in [4.78, 5) is 0. The van der Waals surface area contributed by atoms with E-state index >= 15 is 0 Å². The van der Waals surface area contributed by atoms with E-state index in [2.05, 4.69) is 0 Å². The quantitative estimate of drug-likeness (QED) is 0.800. The Hall–Kier alpha value is -0.930. The van der Waals surface area contributed by atoms with Crippen LogP contribution in [0.2, 0.25) is 0 Å². The van der Waals surface area contributed by atoms with Crippen molar-refractivity contribution in [3.05, 3.63) is 35.6 Å². The minimum absolute atomic E-state index is 0.130. The van der Waals surface area contributed by atoms with Crippen LogP contribution in [-0.4, -0.2) is 11.7 Å². The van der Waals surface area contributed by atoms with Crippen molar-refractivity contribution in [3.63, 3.8) is 0 Å². The molecule has 0 bridgehead atoms. The molecule has 0 amide bonds. The van der Waals surface area contributed by atoms with Crippen molar-refractivity contribution >= 4 is 0 Å². The van der Waals surface area contributed by atoms with Gasteiger partial charge in [0, 0.05) is 11.5 Å². The predicted molar refractivity (Wildman–Crippen MR) is 58.8 cm³/mol. The standard InChI is InChI=1S/C12H18FNO/c1-3-9(8-14)12(2,15)10-6-4-5-7-11(10)13/h4-7,9,15H,3,8,14H2,1-2H3. The van der Waals surface area contributed by atoms with Crippen LogP contribution < -0.4 is 5.73 Å². The third kappa shape index (κ3) is 2.36. The SMILES string of the molecule is CCC(CN)C(C)(O)c1ccccc1F. The number of halogens is 1. The highest BCUT2D eigenvalue weighted by Gasteiger charge is 2.33. The lowest BCUT2D eigenvalue weighted by atomic mass is 9.81. The molecule has 0 spiro atoms. The highest BCUT2D eigenvalue weighted by atomic mass is 19.1. The lowest BCUT2D eigenvalue weighted by molar-refractivity contribution is -0.00710. The molecule has 0 fully saturated rings. The first-order valence-electron chi connectivity index (χ1n) is 5.21. The average molecular weight is 211 g/mol. The largest absolute Gasteiger partial charge is 0.385 e. The highest BCUT2D eigenvalue weighted by molar-refractivity contribution is 5.24. The minimum atomic E-state index is -1.20. The minimum Gasteiger partial charge on any atom is -0.385 e. The molecule has 0 aliphatic heterocycles. The van der Waals surface area contributed by atoms with Crippen LogP contribution in [-0.2, 0) is 5.60 Å². The molecule has 3 heteroatoms. The Bertz CT molecular complexity index is 321. The number of rotatable bonds is 4. The topological polar surface area (TPSA) is 46.2 Å². The van der Waals surface area contributed by atoms with Crippen LogP contribution >= 0.6 is 0 Å². The van der Waals surface area contributed by atoms with E-state index in [4.69, 9.17) is 5.73 Å². The second kappa shape index (κ2) is 4.73. The zero-order chi connectivity index (χ0) is 11.5. The molecule has 1 aromatic carbocycles. The van der Waals surface area contributed by atoms with Gasteiger partial charge in [0.2, 0.25) is 0 Å². The van der Waals surface area contributed by atoms with Gasteiger partial charge < -0.3 is 10.8 Å². The fourth-order valence-corrected chi connectivity index (χ4v) is 1.89. The molecule has 84 valence electrons. The first kappa shape index (κ1) is 12.1. The second-order valence-corrected chi connectivity index (χ2v) is 3.97. The number of hydrogen-bond donors (Lipinski definition) is 2. The van der Waals surface area contributed by atoms with Gasteiger partial charge in [-0.3, -0.25) is 0 Å². The fraction of sp³-hybridized carbons (Fsp3) is 0.500. The van der Waals surface area contributed by atoms with Crippen LogP contribution in [0.3, 0.4) is 0 Å². The normalized spacial score (nSPS) is 17.1. The van der Waals surface area contributed by atoms with E-state index in [0.29, 0.717) is 12.1 Å². The molecule has 0 aliphatic carbocycles. The van der Waals surface area contributed by atoms with Gasteiger partial charge in [-0.25, -0.2) is 4.39 Å². The second-order valence-electron chi connectivity index (χ2n) is 3.97. The Morgan fingerprint density at radius 3 is 2.53 bits per heavy atom. The molecule has 0 radical (unpaired) electrons. The zero-order valence-corrected chi connectivity index (χ0v) is 9.20. The van der Waals surface area contributed by atoms with Crippen molar-refractivity contribution < 1.29 is 9.50 Å². The Morgan fingerprint density at radius 2 is 2.07 bits per heavy atom. The van der Waals surface area contributed by atoms with Crippen LogP contribution in [0.5, 0.6) is 0 Å². The summed E-state index contributed by atoms with van der Waals surface area (Å²) < 4.78 is 13.5. The molecule has 15 heavy (non-hydrogen) atoms. The Kier molecular flexibility index (Phi) is 3.83. The summed E-state index contributed by atoms with van der Waals surface area (Å²) in [6.07, 6.45) is 0.720. The molecule has 2 unspecified atom stereocenters. The maximum Gasteiger partial charge on any atom is 0.129 e. The van der Waals surface area contributed by atoms with Crippen LogP contribution in [0, 0.1) is 11.7 Å². The lowest BCUT2D eigenvalue weighted by Gasteiger charge is -2.32. The van der Waals surface area contributed by atoms with Crippen LogP contribution in [0.25, 0.3) is 0 Å². The van der Waals surface area contributed by atoms with E-state index in [-0.39, 0.29) is 11.7 Å². The smallest absolute Gasteiger partial charge is 0.129 e. The van der Waals surface area contributed by atoms with E-state index in [1.165, 1.54) is 6.07 Å². The van der Waals surface area contributed by atoms with Gasteiger partial charge in [-0.2, -0.15) is 0 Å². The van der Waals surface area contributed by atoms with Gasteiger partial charge in [-0.1, -0.05) is 25.1 Å². The molecule has 3 N–H and O–H groups in total. The molecule has 0 saturated carbocycles. The van der Waals surface area contributed by atoms with Gasteiger partial charge in [-0.15, -0.1) is 0 Å². The zero-order valence-electron chi connectivity index (χ0n) is 9.20. The van der Waals surface area contributed by atoms with E-state index in [1.54, 1.807) is 25.1 Å². The summed E-state index contributed by atoms with van der Waals surface area (Å²) in [6.45, 7) is 3.90. The maximum atomic E-state index is 13.5. The molecule has 0 heterocycles. The van der Waals surface area contributed by atoms with Gasteiger partial charge in [0.25, 0.3) is 0 Å². The number of benzene rings is 1. The number of nitrogens with two attached hydrogens (primary N) is 1. The predicted octanol–water partition coefficient (Wildman–Crippen LogP) is 2.02. The summed E-state index contributed by atoms with van der Waals surface area (Å²) in [5.41, 5.74) is 4.70. The number of hydrogen-bond acceptors (Lipinski definition) is 2. The molecule has 2 nitrogen and oxygen atoms in total. The van der Waals surface area contributed by atoms with Gasteiger partial charge in [0.05, 0.1) is 5.60 Å². The van der Waals surface area contributed by atoms with E-state index in [0.717, 1.165) is 6.42 Å². The van der Waals surface area contributed by atoms with Gasteiger partial charge >= 0.3 is 0 Å². The van der Waals surface area contributed by atoms with Crippen LogP contribution in [0.4, 0.5) is 4.39 Å². The third-order valence-corrected chi connectivity index (χ3v) is 2.99. The van der Waals surface area contributed by atoms with Crippen LogP contribution in [0.1, 0.15) is 25.8 Å².